The fourth-order valence-electron chi connectivity index (χ4n) is 3.17. The first-order valence-electron chi connectivity index (χ1n) is 9.12. The molecule has 0 saturated carbocycles. The highest BCUT2D eigenvalue weighted by Gasteiger charge is 2.46. The summed E-state index contributed by atoms with van der Waals surface area (Å²) < 4.78 is 0. The van der Waals surface area contributed by atoms with Gasteiger partial charge in [-0.15, -0.1) is 0 Å². The number of nitrogens with one attached hydrogen (secondary N) is 1. The van der Waals surface area contributed by atoms with Crippen LogP contribution in [0.3, 0.4) is 0 Å². The predicted octanol–water partition coefficient (Wildman–Crippen LogP) is 4.16. The molecule has 6 nitrogen and oxygen atoms in total. The Labute approximate surface area is 169 Å². The lowest BCUT2D eigenvalue weighted by atomic mass is 10.1. The second-order valence-electron chi connectivity index (χ2n) is 7.11. The Bertz CT molecular complexity index is 868. The molecule has 3 rings (SSSR count). The van der Waals surface area contributed by atoms with E-state index < -0.39 is 12.1 Å². The SMILES string of the molecule is CC(C)CN1C(=O)N(c2ccccc2)C(=O)C1CC(=O)Nc1ccc(Cl)cc1. The second kappa shape index (κ2) is 8.44. The van der Waals surface area contributed by atoms with Gasteiger partial charge in [0.25, 0.3) is 5.91 Å². The number of rotatable bonds is 6. The minimum absolute atomic E-state index is 0.108. The molecule has 7 heteroatoms. The van der Waals surface area contributed by atoms with Crippen LogP contribution in [-0.2, 0) is 9.59 Å². The van der Waals surface area contributed by atoms with Gasteiger partial charge in [-0.25, -0.2) is 9.69 Å². The first kappa shape index (κ1) is 19.9. The highest BCUT2D eigenvalue weighted by atomic mass is 35.5. The minimum atomic E-state index is -0.831. The maximum Gasteiger partial charge on any atom is 0.332 e. The Morgan fingerprint density at radius 2 is 1.71 bits per heavy atom. The monoisotopic (exact) mass is 399 g/mol. The molecule has 0 aliphatic carbocycles. The summed E-state index contributed by atoms with van der Waals surface area (Å²) in [5.41, 5.74) is 1.09. The standard InChI is InChI=1S/C21H22ClN3O3/c1-14(2)13-24-18(12-19(26)23-16-10-8-15(22)9-11-16)20(27)25(21(24)28)17-6-4-3-5-7-17/h3-11,14,18H,12-13H2,1-2H3,(H,23,26). The zero-order valence-electron chi connectivity index (χ0n) is 15.8. The number of carbonyl (C=O) groups is 3. The number of anilines is 2. The fraction of sp³-hybridized carbons (Fsp3) is 0.286. The Hall–Kier alpha value is -2.86. The summed E-state index contributed by atoms with van der Waals surface area (Å²) in [4.78, 5) is 41.1. The van der Waals surface area contributed by atoms with E-state index in [4.69, 9.17) is 11.6 Å². The molecule has 1 N–H and O–H groups in total. The Morgan fingerprint density at radius 3 is 2.32 bits per heavy atom. The van der Waals surface area contributed by atoms with Crippen molar-refractivity contribution in [2.45, 2.75) is 26.3 Å². The number of hydrogen-bond donors (Lipinski definition) is 1. The first-order valence-corrected chi connectivity index (χ1v) is 9.49. The van der Waals surface area contributed by atoms with Crippen molar-refractivity contribution in [3.05, 3.63) is 59.6 Å². The van der Waals surface area contributed by atoms with Crippen molar-refractivity contribution in [1.29, 1.82) is 0 Å². The van der Waals surface area contributed by atoms with E-state index in [1.54, 1.807) is 48.5 Å². The second-order valence-corrected chi connectivity index (χ2v) is 7.55. The van der Waals surface area contributed by atoms with Gasteiger partial charge in [-0.1, -0.05) is 43.6 Å². The Morgan fingerprint density at radius 1 is 1.07 bits per heavy atom. The van der Waals surface area contributed by atoms with Crippen LogP contribution in [0.25, 0.3) is 0 Å². The predicted molar refractivity (Wildman–Crippen MR) is 109 cm³/mol. The maximum absolute atomic E-state index is 13.0. The van der Waals surface area contributed by atoms with Crippen LogP contribution in [0.4, 0.5) is 16.2 Å². The summed E-state index contributed by atoms with van der Waals surface area (Å²) in [7, 11) is 0. The number of para-hydroxylation sites is 1. The molecule has 0 aromatic heterocycles. The highest BCUT2D eigenvalue weighted by molar-refractivity contribution is 6.30. The van der Waals surface area contributed by atoms with Crippen LogP contribution in [0.2, 0.25) is 5.02 Å². The molecule has 2 aromatic carbocycles. The van der Waals surface area contributed by atoms with E-state index >= 15 is 0 Å². The molecule has 4 amide bonds. The average molecular weight is 400 g/mol. The van der Waals surface area contributed by atoms with E-state index in [0.717, 1.165) is 4.90 Å². The normalized spacial score (nSPS) is 16.8. The van der Waals surface area contributed by atoms with Gasteiger partial charge >= 0.3 is 6.03 Å². The van der Waals surface area contributed by atoms with Gasteiger partial charge in [-0.3, -0.25) is 9.59 Å². The van der Waals surface area contributed by atoms with Crippen molar-refractivity contribution < 1.29 is 14.4 Å². The van der Waals surface area contributed by atoms with Crippen LogP contribution in [-0.4, -0.2) is 35.3 Å². The van der Waals surface area contributed by atoms with Crippen molar-refractivity contribution in [2.75, 3.05) is 16.8 Å². The van der Waals surface area contributed by atoms with Gasteiger partial charge in [0.15, 0.2) is 0 Å². The zero-order valence-corrected chi connectivity index (χ0v) is 16.5. The lowest BCUT2D eigenvalue weighted by Gasteiger charge is -2.23. The van der Waals surface area contributed by atoms with Crippen LogP contribution < -0.4 is 10.2 Å². The van der Waals surface area contributed by atoms with Crippen molar-refractivity contribution in [3.8, 4) is 0 Å². The van der Waals surface area contributed by atoms with Gasteiger partial charge < -0.3 is 10.2 Å². The summed E-state index contributed by atoms with van der Waals surface area (Å²) in [5, 5.41) is 3.32. The van der Waals surface area contributed by atoms with Crippen LogP contribution in [0, 0.1) is 5.92 Å². The quantitative estimate of drug-likeness (QED) is 0.741. The van der Waals surface area contributed by atoms with Gasteiger partial charge in [0.05, 0.1) is 12.1 Å². The number of hydrogen-bond acceptors (Lipinski definition) is 3. The fourth-order valence-corrected chi connectivity index (χ4v) is 3.30. The molecule has 146 valence electrons. The summed E-state index contributed by atoms with van der Waals surface area (Å²) >= 11 is 5.86. The lowest BCUT2D eigenvalue weighted by Crippen LogP contribution is -2.40. The third-order valence-electron chi connectivity index (χ3n) is 4.40. The molecule has 1 aliphatic heterocycles. The zero-order chi connectivity index (χ0) is 20.3. The summed E-state index contributed by atoms with van der Waals surface area (Å²) in [6, 6.07) is 14.3. The van der Waals surface area contributed by atoms with Gasteiger partial charge in [0.2, 0.25) is 5.91 Å². The van der Waals surface area contributed by atoms with Crippen LogP contribution in [0.5, 0.6) is 0 Å². The summed E-state index contributed by atoms with van der Waals surface area (Å²) in [6.45, 7) is 4.33. The number of amides is 4. The molecule has 0 bridgehead atoms. The molecule has 2 aromatic rings. The number of benzene rings is 2. The van der Waals surface area contributed by atoms with Crippen LogP contribution >= 0.6 is 11.6 Å². The molecule has 1 heterocycles. The summed E-state index contributed by atoms with van der Waals surface area (Å²) in [6.07, 6.45) is -0.108. The number of imide groups is 1. The van der Waals surface area contributed by atoms with E-state index in [9.17, 15) is 14.4 Å². The topological polar surface area (TPSA) is 69.7 Å². The third kappa shape index (κ3) is 4.34. The van der Waals surface area contributed by atoms with Crippen molar-refractivity contribution in [1.82, 2.24) is 4.90 Å². The van der Waals surface area contributed by atoms with Crippen LogP contribution in [0.1, 0.15) is 20.3 Å². The van der Waals surface area contributed by atoms with Crippen molar-refractivity contribution in [3.63, 3.8) is 0 Å². The first-order chi connectivity index (χ1) is 13.4. The number of halogens is 1. The van der Waals surface area contributed by atoms with Gasteiger partial charge in [0, 0.05) is 17.3 Å². The number of nitrogens with zero attached hydrogens (tertiary/aromatic N) is 2. The Kier molecular flexibility index (Phi) is 5.99. The number of urea groups is 1. The molecule has 0 spiro atoms. The average Bonchev–Trinajstić information content (AvgIpc) is 2.88. The van der Waals surface area contributed by atoms with E-state index in [1.165, 1.54) is 4.90 Å². The molecule has 1 aliphatic rings. The van der Waals surface area contributed by atoms with Gasteiger partial charge in [-0.05, 0) is 42.3 Å². The van der Waals surface area contributed by atoms with E-state index in [0.29, 0.717) is 22.9 Å². The van der Waals surface area contributed by atoms with Crippen LogP contribution in [0.15, 0.2) is 54.6 Å². The smallest absolute Gasteiger partial charge is 0.326 e. The van der Waals surface area contributed by atoms with Crippen molar-refractivity contribution >= 4 is 40.8 Å². The Balaban J connectivity index is 1.80. The minimum Gasteiger partial charge on any atom is -0.326 e. The molecular weight excluding hydrogens is 378 g/mol. The van der Waals surface area contributed by atoms with Gasteiger partial charge in [0.1, 0.15) is 6.04 Å². The maximum atomic E-state index is 13.0. The third-order valence-corrected chi connectivity index (χ3v) is 4.65. The highest BCUT2D eigenvalue weighted by Crippen LogP contribution is 2.27. The van der Waals surface area contributed by atoms with E-state index in [-0.39, 0.29) is 24.2 Å². The summed E-state index contributed by atoms with van der Waals surface area (Å²) in [5.74, 6) is -0.561. The van der Waals surface area contributed by atoms with Gasteiger partial charge in [-0.2, -0.15) is 0 Å². The molecular formula is C21H22ClN3O3. The molecule has 1 atom stereocenters. The molecule has 0 radical (unpaired) electrons. The van der Waals surface area contributed by atoms with E-state index in [1.807, 2.05) is 19.9 Å². The molecule has 28 heavy (non-hydrogen) atoms. The molecule has 1 saturated heterocycles. The number of carbonyl (C=O) groups excluding carboxylic acids is 3. The molecule has 1 unspecified atom stereocenters. The van der Waals surface area contributed by atoms with E-state index in [2.05, 4.69) is 5.32 Å². The molecule has 1 fully saturated rings. The van der Waals surface area contributed by atoms with Crippen molar-refractivity contribution in [2.24, 2.45) is 5.92 Å². The largest absolute Gasteiger partial charge is 0.332 e. The lowest BCUT2D eigenvalue weighted by molar-refractivity contribution is -0.124.